The average Bonchev–Trinajstić information content (AvgIpc) is 2.73. The first-order valence-electron chi connectivity index (χ1n) is 4.71. The summed E-state index contributed by atoms with van der Waals surface area (Å²) in [5.41, 5.74) is 1.96. The van der Waals surface area contributed by atoms with Crippen LogP contribution in [0.3, 0.4) is 0 Å². The van der Waals surface area contributed by atoms with Crippen molar-refractivity contribution < 1.29 is 0 Å². The number of hydrogen-bond acceptors (Lipinski definition) is 5. The molecule has 0 saturated heterocycles. The Bertz CT molecular complexity index is 418. The van der Waals surface area contributed by atoms with E-state index < -0.39 is 0 Å². The number of aromatic nitrogens is 3. The van der Waals surface area contributed by atoms with E-state index in [0.29, 0.717) is 0 Å². The minimum Gasteiger partial charge on any atom is -0.261 e. The van der Waals surface area contributed by atoms with Crippen molar-refractivity contribution in [3.8, 4) is 10.7 Å². The lowest BCUT2D eigenvalue weighted by molar-refractivity contribution is 1.04. The Balaban J connectivity index is 2.42. The highest BCUT2D eigenvalue weighted by molar-refractivity contribution is 7.79. The number of nitrogens with zero attached hydrogens (tertiary/aromatic N) is 3. The van der Waals surface area contributed by atoms with E-state index in [1.807, 2.05) is 0 Å². The predicted octanol–water partition coefficient (Wildman–Crippen LogP) is 2.59. The van der Waals surface area contributed by atoms with Crippen LogP contribution in [0.4, 0.5) is 0 Å². The zero-order chi connectivity index (χ0) is 10.7. The minimum atomic E-state index is 0.737. The van der Waals surface area contributed by atoms with E-state index in [-0.39, 0.29) is 0 Å². The first kappa shape index (κ1) is 10.6. The van der Waals surface area contributed by atoms with Crippen LogP contribution in [-0.4, -0.2) is 15.0 Å². The third-order valence-corrected chi connectivity index (χ3v) is 3.69. The first-order chi connectivity index (χ1) is 7.35. The molecule has 0 amide bonds. The summed E-state index contributed by atoms with van der Waals surface area (Å²) in [6, 6.07) is 0. The molecule has 78 valence electrons. The van der Waals surface area contributed by atoms with Crippen LogP contribution in [0.25, 0.3) is 10.7 Å². The molecule has 0 unspecified atom stereocenters. The van der Waals surface area contributed by atoms with E-state index in [4.69, 9.17) is 0 Å². The van der Waals surface area contributed by atoms with Crippen molar-refractivity contribution in [1.82, 2.24) is 15.0 Å². The lowest BCUT2D eigenvalue weighted by atomic mass is 10.3. The van der Waals surface area contributed by atoms with Gasteiger partial charge in [0, 0.05) is 23.0 Å². The van der Waals surface area contributed by atoms with Crippen molar-refractivity contribution >= 4 is 24.0 Å². The number of rotatable bonds is 3. The molecule has 0 radical (unpaired) electrons. The molecule has 2 rings (SSSR count). The normalized spacial score (nSPS) is 10.5. The fraction of sp³-hybridized carbons (Fsp3) is 0.300. The van der Waals surface area contributed by atoms with Gasteiger partial charge in [0.2, 0.25) is 0 Å². The van der Waals surface area contributed by atoms with Gasteiger partial charge in [-0.05, 0) is 6.42 Å². The number of thiazole rings is 1. The van der Waals surface area contributed by atoms with Crippen LogP contribution in [-0.2, 0) is 12.2 Å². The van der Waals surface area contributed by atoms with Gasteiger partial charge in [-0.25, -0.2) is 4.98 Å². The SMILES string of the molecule is CCc1nc(-c2cnccn2)sc1CS. The van der Waals surface area contributed by atoms with Gasteiger partial charge < -0.3 is 0 Å². The highest BCUT2D eigenvalue weighted by Crippen LogP contribution is 2.27. The fourth-order valence-corrected chi connectivity index (χ4v) is 2.65. The maximum absolute atomic E-state index is 4.54. The summed E-state index contributed by atoms with van der Waals surface area (Å²) in [6.45, 7) is 2.10. The minimum absolute atomic E-state index is 0.737. The Kier molecular flexibility index (Phi) is 3.33. The highest BCUT2D eigenvalue weighted by Gasteiger charge is 2.10. The van der Waals surface area contributed by atoms with E-state index in [1.54, 1.807) is 29.9 Å². The van der Waals surface area contributed by atoms with Crippen LogP contribution in [0, 0.1) is 0 Å². The molecule has 0 aliphatic rings. The molecule has 0 N–H and O–H groups in total. The van der Waals surface area contributed by atoms with Gasteiger partial charge in [0.05, 0.1) is 11.9 Å². The first-order valence-corrected chi connectivity index (χ1v) is 6.16. The maximum Gasteiger partial charge on any atom is 0.144 e. The third-order valence-electron chi connectivity index (χ3n) is 2.04. The van der Waals surface area contributed by atoms with Crippen molar-refractivity contribution in [3.63, 3.8) is 0 Å². The van der Waals surface area contributed by atoms with Gasteiger partial charge >= 0.3 is 0 Å². The van der Waals surface area contributed by atoms with Gasteiger partial charge in [-0.1, -0.05) is 6.92 Å². The molecule has 0 spiro atoms. The third kappa shape index (κ3) is 2.18. The molecule has 0 saturated carbocycles. The second-order valence-corrected chi connectivity index (χ2v) is 4.39. The molecule has 15 heavy (non-hydrogen) atoms. The lowest BCUT2D eigenvalue weighted by Crippen LogP contribution is -1.86. The predicted molar refractivity (Wildman–Crippen MR) is 65.2 cm³/mol. The van der Waals surface area contributed by atoms with E-state index >= 15 is 0 Å². The van der Waals surface area contributed by atoms with E-state index in [0.717, 1.165) is 28.6 Å². The van der Waals surface area contributed by atoms with Crippen molar-refractivity contribution in [2.24, 2.45) is 0 Å². The number of hydrogen-bond donors (Lipinski definition) is 1. The number of thiol groups is 1. The van der Waals surface area contributed by atoms with Gasteiger partial charge in [-0.3, -0.25) is 9.97 Å². The van der Waals surface area contributed by atoms with Crippen LogP contribution in [0.5, 0.6) is 0 Å². The van der Waals surface area contributed by atoms with Gasteiger partial charge in [-0.2, -0.15) is 12.6 Å². The fourth-order valence-electron chi connectivity index (χ4n) is 1.30. The largest absolute Gasteiger partial charge is 0.261 e. The van der Waals surface area contributed by atoms with Crippen molar-refractivity contribution in [2.75, 3.05) is 0 Å². The van der Waals surface area contributed by atoms with Crippen molar-refractivity contribution in [3.05, 3.63) is 29.2 Å². The molecule has 0 aromatic carbocycles. The summed E-state index contributed by atoms with van der Waals surface area (Å²) in [4.78, 5) is 14.0. The summed E-state index contributed by atoms with van der Waals surface area (Å²) in [5.74, 6) is 0.737. The van der Waals surface area contributed by atoms with Crippen molar-refractivity contribution in [2.45, 2.75) is 19.1 Å². The zero-order valence-corrected chi connectivity index (χ0v) is 10.1. The van der Waals surface area contributed by atoms with E-state index in [9.17, 15) is 0 Å². The van der Waals surface area contributed by atoms with E-state index in [1.165, 1.54) is 4.88 Å². The standard InChI is InChI=1S/C10H11N3S2/c1-2-7-9(6-14)15-10(13-7)8-5-11-3-4-12-8/h3-5,14H,2,6H2,1H3. The topological polar surface area (TPSA) is 38.7 Å². The second-order valence-electron chi connectivity index (χ2n) is 2.99. The van der Waals surface area contributed by atoms with Crippen LogP contribution in [0.15, 0.2) is 18.6 Å². The smallest absolute Gasteiger partial charge is 0.144 e. The Morgan fingerprint density at radius 2 is 2.27 bits per heavy atom. The van der Waals surface area contributed by atoms with Crippen molar-refractivity contribution in [1.29, 1.82) is 0 Å². The lowest BCUT2D eigenvalue weighted by Gasteiger charge is -1.91. The molecule has 0 bridgehead atoms. The van der Waals surface area contributed by atoms with Gasteiger partial charge in [0.25, 0.3) is 0 Å². The van der Waals surface area contributed by atoms with Gasteiger partial charge in [0.1, 0.15) is 10.7 Å². The summed E-state index contributed by atoms with van der Waals surface area (Å²) >= 11 is 5.94. The van der Waals surface area contributed by atoms with Crippen LogP contribution in [0.2, 0.25) is 0 Å². The molecule has 0 aliphatic heterocycles. The number of aryl methyl sites for hydroxylation is 1. The summed E-state index contributed by atoms with van der Waals surface area (Å²) in [6.07, 6.45) is 6.02. The highest BCUT2D eigenvalue weighted by atomic mass is 32.1. The molecule has 3 nitrogen and oxygen atoms in total. The molecule has 5 heteroatoms. The monoisotopic (exact) mass is 237 g/mol. The van der Waals surface area contributed by atoms with E-state index in [2.05, 4.69) is 34.5 Å². The molecular formula is C10H11N3S2. The zero-order valence-electron chi connectivity index (χ0n) is 8.34. The van der Waals surface area contributed by atoms with Crippen LogP contribution >= 0.6 is 24.0 Å². The van der Waals surface area contributed by atoms with Crippen LogP contribution < -0.4 is 0 Å². The molecule has 2 heterocycles. The molecule has 2 aromatic heterocycles. The van der Waals surface area contributed by atoms with Crippen LogP contribution in [0.1, 0.15) is 17.5 Å². The summed E-state index contributed by atoms with van der Waals surface area (Å²) in [7, 11) is 0. The van der Waals surface area contributed by atoms with Gasteiger partial charge in [-0.15, -0.1) is 11.3 Å². The Morgan fingerprint density at radius 1 is 1.40 bits per heavy atom. The molecule has 2 aromatic rings. The Morgan fingerprint density at radius 3 is 2.80 bits per heavy atom. The quantitative estimate of drug-likeness (QED) is 0.834. The Labute approximate surface area is 98.0 Å². The summed E-state index contributed by atoms with van der Waals surface area (Å²) < 4.78 is 0. The average molecular weight is 237 g/mol. The maximum atomic E-state index is 4.54. The molecular weight excluding hydrogens is 226 g/mol. The Hall–Kier alpha value is -0.940. The molecule has 0 atom stereocenters. The van der Waals surface area contributed by atoms with Gasteiger partial charge in [0.15, 0.2) is 0 Å². The second kappa shape index (κ2) is 4.72. The molecule has 0 fully saturated rings. The molecule has 0 aliphatic carbocycles. The summed E-state index contributed by atoms with van der Waals surface area (Å²) in [5, 5.41) is 0.934.